The summed E-state index contributed by atoms with van der Waals surface area (Å²) < 4.78 is 17.4. The van der Waals surface area contributed by atoms with Crippen LogP contribution < -0.4 is 16.6 Å². The average Bonchev–Trinajstić information content (AvgIpc) is 2.97. The summed E-state index contributed by atoms with van der Waals surface area (Å²) in [5.74, 6) is 0.0163. The first-order valence-electron chi connectivity index (χ1n) is 8.61. The molecule has 0 bridgehead atoms. The highest BCUT2D eigenvalue weighted by Gasteiger charge is 2.09. The highest BCUT2D eigenvalue weighted by atomic mass is 19.1. The fourth-order valence-electron chi connectivity index (χ4n) is 2.91. The third-order valence-corrected chi connectivity index (χ3v) is 4.47. The van der Waals surface area contributed by atoms with Crippen LogP contribution in [0.3, 0.4) is 0 Å². The van der Waals surface area contributed by atoms with E-state index in [1.807, 2.05) is 0 Å². The number of carbonyl (C=O) groups is 1. The number of carbonyl (C=O) groups excluding carboxylic acids is 1. The summed E-state index contributed by atoms with van der Waals surface area (Å²) in [5.41, 5.74) is 0.701. The van der Waals surface area contributed by atoms with Crippen molar-refractivity contribution >= 4 is 23.0 Å². The molecule has 0 fully saturated rings. The molecule has 0 spiro atoms. The quantitative estimate of drug-likeness (QED) is 0.647. The highest BCUT2D eigenvalue weighted by molar-refractivity contribution is 5.91. The Morgan fingerprint density at radius 1 is 1.21 bits per heavy atom. The van der Waals surface area contributed by atoms with Crippen LogP contribution in [0.4, 0.5) is 4.39 Å². The molecule has 9 heteroatoms. The van der Waals surface area contributed by atoms with Gasteiger partial charge in [-0.1, -0.05) is 0 Å². The van der Waals surface area contributed by atoms with Crippen LogP contribution in [-0.4, -0.2) is 31.1 Å². The Hall–Kier alpha value is -3.49. The zero-order valence-corrected chi connectivity index (χ0v) is 15.8. The van der Waals surface area contributed by atoms with E-state index >= 15 is 0 Å². The van der Waals surface area contributed by atoms with Crippen molar-refractivity contribution in [3.63, 3.8) is 0 Å². The third kappa shape index (κ3) is 3.78. The van der Waals surface area contributed by atoms with E-state index in [0.717, 1.165) is 10.4 Å². The molecule has 0 radical (unpaired) electrons. The largest absolute Gasteiger partial charge is 0.352 e. The van der Waals surface area contributed by atoms with Crippen LogP contribution in [0.1, 0.15) is 11.4 Å². The van der Waals surface area contributed by atoms with Gasteiger partial charge in [-0.2, -0.15) is 0 Å². The first-order chi connectivity index (χ1) is 13.3. The van der Waals surface area contributed by atoms with Gasteiger partial charge in [-0.25, -0.2) is 14.2 Å². The van der Waals surface area contributed by atoms with Crippen LogP contribution in [-0.2, 0) is 32.4 Å². The molecular weight excluding hydrogens is 365 g/mol. The minimum atomic E-state index is -0.473. The number of imidazole rings is 1. The Labute approximate surface area is 159 Å². The number of benzene rings is 1. The molecule has 8 nitrogen and oxygen atoms in total. The lowest BCUT2D eigenvalue weighted by molar-refractivity contribution is -0.116. The number of hydrogen-bond donors (Lipinski definition) is 1. The summed E-state index contributed by atoms with van der Waals surface area (Å²) in [6, 6.07) is 4.39. The molecule has 3 rings (SSSR count). The summed E-state index contributed by atoms with van der Waals surface area (Å²) in [6.07, 6.45) is 4.46. The van der Waals surface area contributed by atoms with Crippen LogP contribution in [0.2, 0.25) is 0 Å². The van der Waals surface area contributed by atoms with Gasteiger partial charge in [0.1, 0.15) is 11.6 Å². The number of fused-ring (bicyclic) bond motifs is 1. The zero-order chi connectivity index (χ0) is 20.4. The maximum absolute atomic E-state index is 13.4. The van der Waals surface area contributed by atoms with Gasteiger partial charge < -0.3 is 14.5 Å². The minimum absolute atomic E-state index is 0.233. The fourth-order valence-corrected chi connectivity index (χ4v) is 2.91. The molecule has 1 N–H and O–H groups in total. The van der Waals surface area contributed by atoms with Crippen LogP contribution in [0.25, 0.3) is 17.1 Å². The Morgan fingerprint density at radius 2 is 1.96 bits per heavy atom. The van der Waals surface area contributed by atoms with Crippen molar-refractivity contribution in [2.45, 2.75) is 6.42 Å². The molecule has 3 aromatic rings. The summed E-state index contributed by atoms with van der Waals surface area (Å²) in [4.78, 5) is 40.1. The number of rotatable bonds is 5. The molecule has 0 unspecified atom stereocenters. The lowest BCUT2D eigenvalue weighted by Gasteiger charge is -2.04. The van der Waals surface area contributed by atoms with Crippen molar-refractivity contribution in [2.24, 2.45) is 21.1 Å². The molecule has 146 valence electrons. The number of nitrogens with one attached hydrogen (secondary N) is 1. The average molecular weight is 385 g/mol. The predicted molar refractivity (Wildman–Crippen MR) is 103 cm³/mol. The van der Waals surface area contributed by atoms with Gasteiger partial charge in [0.2, 0.25) is 5.91 Å². The van der Waals surface area contributed by atoms with Gasteiger partial charge in [-0.05, 0) is 24.3 Å². The van der Waals surface area contributed by atoms with Crippen LogP contribution in [0, 0.1) is 5.82 Å². The van der Waals surface area contributed by atoms with Gasteiger partial charge in [0.05, 0.1) is 16.6 Å². The standard InChI is InChI=1S/C19H20FN5O3/c1-23-11-12(18(27)25(3)19(23)28)4-7-17(26)21-9-8-16-22-14-6-5-13(20)10-15(14)24(16)2/h4-7,10-11H,8-9H2,1-3H3,(H,21,26). The molecule has 0 atom stereocenters. The van der Waals surface area contributed by atoms with Gasteiger partial charge in [-0.3, -0.25) is 14.2 Å². The van der Waals surface area contributed by atoms with Crippen molar-refractivity contribution in [3.05, 3.63) is 68.5 Å². The monoisotopic (exact) mass is 385 g/mol. The molecule has 0 aliphatic carbocycles. The molecule has 0 aliphatic rings. The van der Waals surface area contributed by atoms with Gasteiger partial charge in [-0.15, -0.1) is 0 Å². The highest BCUT2D eigenvalue weighted by Crippen LogP contribution is 2.16. The van der Waals surface area contributed by atoms with E-state index in [4.69, 9.17) is 0 Å². The summed E-state index contributed by atoms with van der Waals surface area (Å²) in [6.45, 7) is 0.327. The number of aromatic nitrogens is 4. The second-order valence-electron chi connectivity index (χ2n) is 6.44. The summed E-state index contributed by atoms with van der Waals surface area (Å²) in [7, 11) is 4.70. The van der Waals surface area contributed by atoms with Crippen molar-refractivity contribution in [1.82, 2.24) is 24.0 Å². The van der Waals surface area contributed by atoms with Crippen molar-refractivity contribution < 1.29 is 9.18 Å². The summed E-state index contributed by atoms with van der Waals surface area (Å²) in [5, 5.41) is 2.71. The molecule has 2 heterocycles. The van der Waals surface area contributed by atoms with Gasteiger partial charge in [0, 0.05) is 46.4 Å². The van der Waals surface area contributed by atoms with E-state index in [-0.39, 0.29) is 17.3 Å². The minimum Gasteiger partial charge on any atom is -0.352 e. The maximum atomic E-state index is 13.4. The number of nitrogens with zero attached hydrogens (tertiary/aromatic N) is 4. The Bertz CT molecular complexity index is 1200. The maximum Gasteiger partial charge on any atom is 0.330 e. The van der Waals surface area contributed by atoms with Gasteiger partial charge >= 0.3 is 5.69 Å². The van der Waals surface area contributed by atoms with Crippen LogP contribution in [0.5, 0.6) is 0 Å². The van der Waals surface area contributed by atoms with E-state index in [1.165, 1.54) is 49.1 Å². The normalized spacial score (nSPS) is 11.4. The SMILES string of the molecule is Cn1cc(C=CC(=O)NCCc2nc3ccc(F)cc3n2C)c(=O)n(C)c1=O. The number of amides is 1. The van der Waals surface area contributed by atoms with E-state index in [9.17, 15) is 18.8 Å². The van der Waals surface area contributed by atoms with E-state index < -0.39 is 11.2 Å². The topological polar surface area (TPSA) is 90.9 Å². The van der Waals surface area contributed by atoms with Crippen LogP contribution >= 0.6 is 0 Å². The van der Waals surface area contributed by atoms with E-state index in [2.05, 4.69) is 10.3 Å². The number of aryl methyl sites for hydroxylation is 2. The molecule has 0 aliphatic heterocycles. The van der Waals surface area contributed by atoms with Crippen LogP contribution in [0.15, 0.2) is 40.1 Å². The van der Waals surface area contributed by atoms with Crippen molar-refractivity contribution in [3.8, 4) is 0 Å². The Kier molecular flexibility index (Phi) is 5.25. The number of hydrogen-bond acceptors (Lipinski definition) is 4. The molecule has 0 saturated heterocycles. The van der Waals surface area contributed by atoms with E-state index in [0.29, 0.717) is 24.0 Å². The molecule has 2 aromatic heterocycles. The lowest BCUT2D eigenvalue weighted by atomic mass is 10.3. The first-order valence-corrected chi connectivity index (χ1v) is 8.61. The molecule has 1 amide bonds. The van der Waals surface area contributed by atoms with E-state index in [1.54, 1.807) is 17.7 Å². The van der Waals surface area contributed by atoms with Gasteiger partial charge in [0.15, 0.2) is 0 Å². The second-order valence-corrected chi connectivity index (χ2v) is 6.44. The zero-order valence-electron chi connectivity index (χ0n) is 15.8. The van der Waals surface area contributed by atoms with Crippen molar-refractivity contribution in [1.29, 1.82) is 0 Å². The molecule has 28 heavy (non-hydrogen) atoms. The molecule has 0 saturated carbocycles. The Morgan fingerprint density at radius 3 is 2.71 bits per heavy atom. The predicted octanol–water partition coefficient (Wildman–Crippen LogP) is 0.482. The van der Waals surface area contributed by atoms with Crippen molar-refractivity contribution in [2.75, 3.05) is 6.54 Å². The lowest BCUT2D eigenvalue weighted by Crippen LogP contribution is -2.37. The first kappa shape index (κ1) is 19.3. The molecule has 1 aromatic carbocycles. The smallest absolute Gasteiger partial charge is 0.330 e. The molecular formula is C19H20FN5O3. The summed E-state index contributed by atoms with van der Waals surface area (Å²) >= 11 is 0. The third-order valence-electron chi connectivity index (χ3n) is 4.47. The Balaban J connectivity index is 1.64. The second kappa shape index (κ2) is 7.63. The van der Waals surface area contributed by atoms with Gasteiger partial charge in [0.25, 0.3) is 5.56 Å². The number of halogens is 1. The fraction of sp³-hybridized carbons (Fsp3) is 0.263.